The molecule has 3 rings (SSSR count). The molecular formula is C21H29N5O. The number of rotatable bonds is 5. The number of nitrogens with one attached hydrogen (secondary N) is 1. The summed E-state index contributed by atoms with van der Waals surface area (Å²) in [6, 6.07) is 10.0. The van der Waals surface area contributed by atoms with E-state index in [0.29, 0.717) is 17.6 Å². The Kier molecular flexibility index (Phi) is 6.06. The van der Waals surface area contributed by atoms with Crippen molar-refractivity contribution in [3.05, 3.63) is 47.3 Å². The van der Waals surface area contributed by atoms with E-state index in [-0.39, 0.29) is 5.91 Å². The summed E-state index contributed by atoms with van der Waals surface area (Å²) in [6.45, 7) is 12.7. The van der Waals surface area contributed by atoms with E-state index in [1.54, 1.807) is 6.07 Å². The molecule has 0 unspecified atom stereocenters. The average Bonchev–Trinajstić information content (AvgIpc) is 2.67. The van der Waals surface area contributed by atoms with Crippen LogP contribution in [0.1, 0.15) is 48.4 Å². The normalized spacial score (nSPS) is 15.2. The summed E-state index contributed by atoms with van der Waals surface area (Å²) in [5.41, 5.74) is 3.43. The third-order valence-electron chi connectivity index (χ3n) is 5.01. The number of carbonyl (C=O) groups excluding carboxylic acids is 1. The maximum absolute atomic E-state index is 12.9. The van der Waals surface area contributed by atoms with E-state index >= 15 is 0 Å². The lowest BCUT2D eigenvalue weighted by Gasteiger charge is -2.33. The molecule has 1 aliphatic heterocycles. The zero-order valence-corrected chi connectivity index (χ0v) is 16.7. The highest BCUT2D eigenvalue weighted by atomic mass is 16.2. The SMILES string of the molecule is CCN1CCN(C(=O)c2cc(C)nc(Nc3ccc(C(C)C)cc3)n2)CC1. The summed E-state index contributed by atoms with van der Waals surface area (Å²) >= 11 is 0. The molecule has 1 N–H and O–H groups in total. The molecule has 0 saturated carbocycles. The summed E-state index contributed by atoms with van der Waals surface area (Å²) in [7, 11) is 0. The maximum Gasteiger partial charge on any atom is 0.272 e. The molecule has 0 spiro atoms. The van der Waals surface area contributed by atoms with Gasteiger partial charge in [-0.2, -0.15) is 0 Å². The van der Waals surface area contributed by atoms with Crippen LogP contribution in [-0.4, -0.2) is 58.4 Å². The van der Waals surface area contributed by atoms with Crippen LogP contribution >= 0.6 is 0 Å². The minimum Gasteiger partial charge on any atom is -0.335 e. The van der Waals surface area contributed by atoms with Crippen LogP contribution < -0.4 is 5.32 Å². The molecule has 6 heteroatoms. The van der Waals surface area contributed by atoms with Crippen molar-refractivity contribution in [1.29, 1.82) is 0 Å². The molecule has 0 aliphatic carbocycles. The van der Waals surface area contributed by atoms with Crippen LogP contribution in [0.4, 0.5) is 11.6 Å². The molecule has 144 valence electrons. The molecular weight excluding hydrogens is 338 g/mol. The highest BCUT2D eigenvalue weighted by Crippen LogP contribution is 2.20. The van der Waals surface area contributed by atoms with E-state index in [4.69, 9.17) is 0 Å². The van der Waals surface area contributed by atoms with Crippen molar-refractivity contribution < 1.29 is 4.79 Å². The lowest BCUT2D eigenvalue weighted by atomic mass is 10.0. The van der Waals surface area contributed by atoms with Crippen molar-refractivity contribution in [1.82, 2.24) is 19.8 Å². The van der Waals surface area contributed by atoms with Gasteiger partial charge in [0.05, 0.1) is 0 Å². The van der Waals surface area contributed by atoms with Crippen LogP contribution in [-0.2, 0) is 0 Å². The van der Waals surface area contributed by atoms with Gasteiger partial charge >= 0.3 is 0 Å². The van der Waals surface area contributed by atoms with Crippen molar-refractivity contribution in [2.24, 2.45) is 0 Å². The molecule has 1 fully saturated rings. The van der Waals surface area contributed by atoms with Gasteiger partial charge in [-0.25, -0.2) is 9.97 Å². The van der Waals surface area contributed by atoms with Gasteiger partial charge in [-0.15, -0.1) is 0 Å². The Balaban J connectivity index is 1.73. The van der Waals surface area contributed by atoms with Crippen molar-refractivity contribution in [3.63, 3.8) is 0 Å². The number of hydrogen-bond donors (Lipinski definition) is 1. The molecule has 1 amide bonds. The topological polar surface area (TPSA) is 61.4 Å². The van der Waals surface area contributed by atoms with Crippen LogP contribution in [0.3, 0.4) is 0 Å². The van der Waals surface area contributed by atoms with Crippen LogP contribution in [0.25, 0.3) is 0 Å². The van der Waals surface area contributed by atoms with E-state index in [1.807, 2.05) is 24.0 Å². The average molecular weight is 367 g/mol. The second-order valence-corrected chi connectivity index (χ2v) is 7.35. The fourth-order valence-electron chi connectivity index (χ4n) is 3.24. The summed E-state index contributed by atoms with van der Waals surface area (Å²) in [6.07, 6.45) is 0. The number of amides is 1. The fourth-order valence-corrected chi connectivity index (χ4v) is 3.24. The quantitative estimate of drug-likeness (QED) is 0.877. The number of nitrogens with zero attached hydrogens (tertiary/aromatic N) is 4. The van der Waals surface area contributed by atoms with E-state index < -0.39 is 0 Å². The monoisotopic (exact) mass is 367 g/mol. The molecule has 0 bridgehead atoms. The first-order valence-corrected chi connectivity index (χ1v) is 9.70. The van der Waals surface area contributed by atoms with Gasteiger partial charge < -0.3 is 15.1 Å². The Morgan fingerprint density at radius 2 is 1.78 bits per heavy atom. The van der Waals surface area contributed by atoms with Crippen LogP contribution in [0.15, 0.2) is 30.3 Å². The number of aromatic nitrogens is 2. The van der Waals surface area contributed by atoms with Crippen LogP contribution in [0.5, 0.6) is 0 Å². The van der Waals surface area contributed by atoms with Crippen LogP contribution in [0, 0.1) is 6.92 Å². The van der Waals surface area contributed by atoms with Gasteiger partial charge in [0.15, 0.2) is 0 Å². The first kappa shape index (κ1) is 19.3. The predicted octanol–water partition coefficient (Wildman–Crippen LogP) is 3.43. The van der Waals surface area contributed by atoms with E-state index in [1.165, 1.54) is 5.56 Å². The Labute approximate surface area is 161 Å². The van der Waals surface area contributed by atoms with Gasteiger partial charge in [0.1, 0.15) is 5.69 Å². The molecule has 0 radical (unpaired) electrons. The molecule has 2 aromatic rings. The molecule has 27 heavy (non-hydrogen) atoms. The minimum absolute atomic E-state index is 0.0190. The fraction of sp³-hybridized carbons (Fsp3) is 0.476. The third-order valence-corrected chi connectivity index (χ3v) is 5.01. The minimum atomic E-state index is -0.0190. The van der Waals surface area contributed by atoms with E-state index in [0.717, 1.165) is 44.1 Å². The summed E-state index contributed by atoms with van der Waals surface area (Å²) < 4.78 is 0. The van der Waals surface area contributed by atoms with Gasteiger partial charge in [0, 0.05) is 37.6 Å². The lowest BCUT2D eigenvalue weighted by Crippen LogP contribution is -2.48. The standard InChI is InChI=1S/C21H29N5O/c1-5-25-10-12-26(13-11-25)20(27)19-14-16(4)22-21(24-19)23-18-8-6-17(7-9-18)15(2)3/h6-9,14-15H,5,10-13H2,1-4H3,(H,22,23,24). The predicted molar refractivity (Wildman–Crippen MR) is 109 cm³/mol. The summed E-state index contributed by atoms with van der Waals surface area (Å²) in [5, 5.41) is 3.22. The number of piperazine rings is 1. The summed E-state index contributed by atoms with van der Waals surface area (Å²) in [4.78, 5) is 26.0. The Bertz CT molecular complexity index is 780. The highest BCUT2D eigenvalue weighted by Gasteiger charge is 2.23. The Morgan fingerprint density at radius 3 is 2.37 bits per heavy atom. The molecule has 1 aromatic carbocycles. The zero-order valence-electron chi connectivity index (χ0n) is 16.7. The highest BCUT2D eigenvalue weighted by molar-refractivity contribution is 5.92. The molecule has 0 atom stereocenters. The number of likely N-dealkylation sites (N-methyl/N-ethyl adjacent to an activating group) is 1. The van der Waals surface area contributed by atoms with Crippen LogP contribution in [0.2, 0.25) is 0 Å². The van der Waals surface area contributed by atoms with Gasteiger partial charge in [-0.3, -0.25) is 4.79 Å². The molecule has 2 heterocycles. The molecule has 1 aliphatic rings. The van der Waals surface area contributed by atoms with Crippen molar-refractivity contribution in [2.45, 2.75) is 33.6 Å². The number of anilines is 2. The number of aryl methyl sites for hydroxylation is 1. The van der Waals surface area contributed by atoms with E-state index in [2.05, 4.69) is 53.1 Å². The third kappa shape index (κ3) is 4.83. The molecule has 1 aromatic heterocycles. The number of carbonyl (C=O) groups is 1. The number of benzene rings is 1. The van der Waals surface area contributed by atoms with Gasteiger partial charge in [0.25, 0.3) is 5.91 Å². The van der Waals surface area contributed by atoms with Gasteiger partial charge in [-0.1, -0.05) is 32.9 Å². The second-order valence-electron chi connectivity index (χ2n) is 7.35. The first-order valence-electron chi connectivity index (χ1n) is 9.70. The van der Waals surface area contributed by atoms with E-state index in [9.17, 15) is 4.79 Å². The van der Waals surface area contributed by atoms with Crippen molar-refractivity contribution in [3.8, 4) is 0 Å². The summed E-state index contributed by atoms with van der Waals surface area (Å²) in [5.74, 6) is 0.934. The first-order chi connectivity index (χ1) is 13.0. The largest absolute Gasteiger partial charge is 0.335 e. The lowest BCUT2D eigenvalue weighted by molar-refractivity contribution is 0.0637. The second kappa shape index (κ2) is 8.48. The molecule has 6 nitrogen and oxygen atoms in total. The smallest absolute Gasteiger partial charge is 0.272 e. The maximum atomic E-state index is 12.9. The Morgan fingerprint density at radius 1 is 1.11 bits per heavy atom. The van der Waals surface area contributed by atoms with Gasteiger partial charge in [0.2, 0.25) is 5.95 Å². The van der Waals surface area contributed by atoms with Crippen molar-refractivity contribution >= 4 is 17.5 Å². The Hall–Kier alpha value is -2.47. The zero-order chi connectivity index (χ0) is 19.4. The van der Waals surface area contributed by atoms with Crippen molar-refractivity contribution in [2.75, 3.05) is 38.0 Å². The molecule has 1 saturated heterocycles. The number of hydrogen-bond acceptors (Lipinski definition) is 5. The van der Waals surface area contributed by atoms with Gasteiger partial charge in [-0.05, 0) is 43.1 Å².